The van der Waals surface area contributed by atoms with E-state index in [1.165, 1.54) is 44.9 Å². The number of nitriles is 1. The highest BCUT2D eigenvalue weighted by molar-refractivity contribution is 5.50. The average Bonchev–Trinajstić information content (AvgIpc) is 3.23. The monoisotopic (exact) mass is 478 g/mol. The topological polar surface area (TPSA) is 65.3 Å². The SMILES string of the molecule is CCOC[C@@]1(O)CC[C@H]2[C@H](CC[C@@H]3[C@@H]2CC[C@]2(C)C([C@H](CC)Nc4cccc(C#N)c4)CC[C@@H]32)C1. The lowest BCUT2D eigenvalue weighted by molar-refractivity contribution is -0.128. The normalized spacial score (nSPS) is 41.2. The number of benzene rings is 1. The van der Waals surface area contributed by atoms with E-state index in [4.69, 9.17) is 4.74 Å². The van der Waals surface area contributed by atoms with E-state index in [0.717, 1.165) is 54.2 Å². The van der Waals surface area contributed by atoms with Crippen molar-refractivity contribution in [2.45, 2.75) is 96.6 Å². The zero-order valence-electron chi connectivity index (χ0n) is 22.1. The van der Waals surface area contributed by atoms with Gasteiger partial charge in [0.2, 0.25) is 0 Å². The molecule has 1 aromatic rings. The zero-order valence-corrected chi connectivity index (χ0v) is 22.1. The molecule has 0 heterocycles. The number of ether oxygens (including phenoxy) is 1. The fourth-order valence-electron chi connectivity index (χ4n) is 9.47. The number of aliphatic hydroxyl groups is 1. The molecule has 0 bridgehead atoms. The Balaban J connectivity index is 1.28. The predicted molar refractivity (Wildman–Crippen MR) is 141 cm³/mol. The molecule has 4 aliphatic rings. The summed E-state index contributed by atoms with van der Waals surface area (Å²) in [7, 11) is 0. The van der Waals surface area contributed by atoms with E-state index in [2.05, 4.69) is 31.3 Å². The molecule has 1 aromatic carbocycles. The molecular formula is C31H46N2O2. The second kappa shape index (κ2) is 10.1. The number of hydrogen-bond donors (Lipinski definition) is 2. The van der Waals surface area contributed by atoms with Crippen LogP contribution in [0.15, 0.2) is 24.3 Å². The van der Waals surface area contributed by atoms with Crippen molar-refractivity contribution in [3.8, 4) is 6.07 Å². The van der Waals surface area contributed by atoms with Gasteiger partial charge < -0.3 is 15.2 Å². The average molecular weight is 479 g/mol. The molecule has 35 heavy (non-hydrogen) atoms. The fraction of sp³-hybridized carbons (Fsp3) is 0.774. The smallest absolute Gasteiger partial charge is 0.0992 e. The van der Waals surface area contributed by atoms with Crippen LogP contribution in [-0.2, 0) is 4.74 Å². The van der Waals surface area contributed by atoms with Gasteiger partial charge in [-0.2, -0.15) is 5.26 Å². The summed E-state index contributed by atoms with van der Waals surface area (Å²) < 4.78 is 5.66. The lowest BCUT2D eigenvalue weighted by atomic mass is 9.48. The van der Waals surface area contributed by atoms with E-state index < -0.39 is 5.60 Å². The molecule has 0 aromatic heterocycles. The summed E-state index contributed by atoms with van der Waals surface area (Å²) in [6, 6.07) is 10.8. The predicted octanol–water partition coefficient (Wildman–Crippen LogP) is 6.79. The van der Waals surface area contributed by atoms with Crippen molar-refractivity contribution in [1.29, 1.82) is 5.26 Å². The van der Waals surface area contributed by atoms with Crippen LogP contribution in [0.1, 0.15) is 90.5 Å². The van der Waals surface area contributed by atoms with Crippen LogP contribution in [0.25, 0.3) is 0 Å². The number of rotatable bonds is 7. The van der Waals surface area contributed by atoms with Gasteiger partial charge in [0.05, 0.1) is 23.8 Å². The van der Waals surface area contributed by atoms with Gasteiger partial charge in [-0.05, 0) is 130 Å². The Morgan fingerprint density at radius 3 is 2.69 bits per heavy atom. The minimum absolute atomic E-state index is 0.416. The van der Waals surface area contributed by atoms with Crippen LogP contribution in [0, 0.1) is 52.3 Å². The molecule has 2 N–H and O–H groups in total. The molecule has 4 nitrogen and oxygen atoms in total. The maximum atomic E-state index is 11.2. The molecular weight excluding hydrogens is 432 g/mol. The van der Waals surface area contributed by atoms with Crippen molar-refractivity contribution < 1.29 is 9.84 Å². The van der Waals surface area contributed by atoms with E-state index in [9.17, 15) is 10.4 Å². The lowest BCUT2D eigenvalue weighted by Crippen LogP contribution is -2.52. The quantitative estimate of drug-likeness (QED) is 0.453. The van der Waals surface area contributed by atoms with Crippen LogP contribution in [0.2, 0.25) is 0 Å². The van der Waals surface area contributed by atoms with Gasteiger partial charge in [0.15, 0.2) is 0 Å². The Morgan fingerprint density at radius 1 is 1.09 bits per heavy atom. The summed E-state index contributed by atoms with van der Waals surface area (Å²) in [4.78, 5) is 0. The molecule has 0 radical (unpaired) electrons. The number of hydrogen-bond acceptors (Lipinski definition) is 4. The zero-order chi connectivity index (χ0) is 24.6. The summed E-state index contributed by atoms with van der Waals surface area (Å²) in [6.45, 7) is 8.18. The first kappa shape index (κ1) is 25.1. The first-order chi connectivity index (χ1) is 16.9. The maximum Gasteiger partial charge on any atom is 0.0992 e. The summed E-state index contributed by atoms with van der Waals surface area (Å²) in [5.74, 6) is 4.78. The van der Waals surface area contributed by atoms with E-state index in [1.54, 1.807) is 0 Å². The summed E-state index contributed by atoms with van der Waals surface area (Å²) in [5.41, 5.74) is 1.66. The van der Waals surface area contributed by atoms with Crippen molar-refractivity contribution in [1.82, 2.24) is 0 Å². The highest BCUT2D eigenvalue weighted by Crippen LogP contribution is 2.65. The summed E-state index contributed by atoms with van der Waals surface area (Å²) in [6.07, 6.45) is 12.3. The molecule has 9 atom stereocenters. The molecule has 5 rings (SSSR count). The van der Waals surface area contributed by atoms with Crippen molar-refractivity contribution in [3.63, 3.8) is 0 Å². The highest BCUT2D eigenvalue weighted by atomic mass is 16.5. The Bertz CT molecular complexity index is 927. The van der Waals surface area contributed by atoms with Gasteiger partial charge in [-0.1, -0.05) is 19.9 Å². The molecule has 192 valence electrons. The number of nitrogens with one attached hydrogen (secondary N) is 1. The summed E-state index contributed by atoms with van der Waals surface area (Å²) >= 11 is 0. The molecule has 0 spiro atoms. The first-order valence-electron chi connectivity index (χ1n) is 14.5. The Labute approximate surface area is 212 Å². The highest BCUT2D eigenvalue weighted by Gasteiger charge is 2.58. The molecule has 4 heteroatoms. The van der Waals surface area contributed by atoms with Gasteiger partial charge in [0.1, 0.15) is 0 Å². The first-order valence-corrected chi connectivity index (χ1v) is 14.5. The van der Waals surface area contributed by atoms with Gasteiger partial charge in [-0.3, -0.25) is 0 Å². The van der Waals surface area contributed by atoms with Gasteiger partial charge in [-0.15, -0.1) is 0 Å². The van der Waals surface area contributed by atoms with Gasteiger partial charge in [0, 0.05) is 18.3 Å². The van der Waals surface area contributed by atoms with Crippen LogP contribution in [0.3, 0.4) is 0 Å². The largest absolute Gasteiger partial charge is 0.387 e. The number of fused-ring (bicyclic) bond motifs is 5. The Kier molecular flexibility index (Phi) is 7.21. The molecule has 4 fully saturated rings. The molecule has 4 aliphatic carbocycles. The van der Waals surface area contributed by atoms with E-state index in [0.29, 0.717) is 36.5 Å². The third-order valence-corrected chi connectivity index (χ3v) is 11.0. The molecule has 0 aliphatic heterocycles. The van der Waals surface area contributed by atoms with Crippen molar-refractivity contribution in [3.05, 3.63) is 29.8 Å². The number of anilines is 1. The van der Waals surface area contributed by atoms with E-state index >= 15 is 0 Å². The third-order valence-electron chi connectivity index (χ3n) is 11.0. The van der Waals surface area contributed by atoms with Gasteiger partial charge in [0.25, 0.3) is 0 Å². The minimum atomic E-state index is -0.589. The minimum Gasteiger partial charge on any atom is -0.387 e. The van der Waals surface area contributed by atoms with Crippen LogP contribution in [0.5, 0.6) is 0 Å². The van der Waals surface area contributed by atoms with Crippen LogP contribution in [-0.4, -0.2) is 30.0 Å². The molecule has 0 amide bonds. The fourth-order valence-corrected chi connectivity index (χ4v) is 9.47. The summed E-state index contributed by atoms with van der Waals surface area (Å²) in [5, 5.41) is 24.3. The standard InChI is InChI=1S/C31H46N2O2/c1-4-29(33-23-8-6-7-21(17-23)19-32)28-12-11-27-26-10-9-22-18-31(34,20-35-5-2)16-14-24(22)25(26)13-15-30(27,28)3/h6-8,17,22,24-29,33-34H,4-5,9-16,18,20H2,1-3H3/t22-,24+,25-,26-,27+,28?,29+,30+,31-/m1/s1. The Hall–Kier alpha value is -1.57. The van der Waals surface area contributed by atoms with Crippen LogP contribution in [0.4, 0.5) is 5.69 Å². The second-order valence-electron chi connectivity index (χ2n) is 12.6. The van der Waals surface area contributed by atoms with Crippen molar-refractivity contribution >= 4 is 5.69 Å². The van der Waals surface area contributed by atoms with Gasteiger partial charge >= 0.3 is 0 Å². The Morgan fingerprint density at radius 2 is 1.91 bits per heavy atom. The van der Waals surface area contributed by atoms with E-state index in [1.807, 2.05) is 25.1 Å². The lowest BCUT2D eigenvalue weighted by Gasteiger charge is -2.57. The van der Waals surface area contributed by atoms with Gasteiger partial charge in [-0.25, -0.2) is 0 Å². The molecule has 4 saturated carbocycles. The molecule has 0 saturated heterocycles. The van der Waals surface area contributed by atoms with E-state index in [-0.39, 0.29) is 0 Å². The maximum absolute atomic E-state index is 11.2. The van der Waals surface area contributed by atoms with Crippen LogP contribution >= 0.6 is 0 Å². The van der Waals surface area contributed by atoms with Crippen molar-refractivity contribution in [2.24, 2.45) is 40.9 Å². The third kappa shape index (κ3) is 4.64. The van der Waals surface area contributed by atoms with Crippen LogP contribution < -0.4 is 5.32 Å². The number of nitrogens with zero attached hydrogens (tertiary/aromatic N) is 1. The van der Waals surface area contributed by atoms with Crippen molar-refractivity contribution in [2.75, 3.05) is 18.5 Å². The molecule has 1 unspecified atom stereocenters. The second-order valence-corrected chi connectivity index (χ2v) is 12.6.